The molecule has 10 heteroatoms. The van der Waals surface area contributed by atoms with Gasteiger partial charge in [-0.2, -0.15) is 4.31 Å². The quantitative estimate of drug-likeness (QED) is 0.721. The molecular formula is C19H26N4O5S. The first kappa shape index (κ1) is 21.1. The van der Waals surface area contributed by atoms with Crippen LogP contribution in [0.5, 0.6) is 11.5 Å². The van der Waals surface area contributed by atoms with Gasteiger partial charge in [0.1, 0.15) is 17.3 Å². The molecule has 29 heavy (non-hydrogen) atoms. The number of aromatic nitrogens is 2. The van der Waals surface area contributed by atoms with Crippen LogP contribution >= 0.6 is 0 Å². The van der Waals surface area contributed by atoms with E-state index in [-0.39, 0.29) is 17.5 Å². The van der Waals surface area contributed by atoms with E-state index in [4.69, 9.17) is 9.47 Å². The molecule has 2 heterocycles. The lowest BCUT2D eigenvalue weighted by Gasteiger charge is -2.22. The van der Waals surface area contributed by atoms with Crippen LogP contribution in [0.15, 0.2) is 29.4 Å². The van der Waals surface area contributed by atoms with Crippen molar-refractivity contribution in [3.05, 3.63) is 35.8 Å². The van der Waals surface area contributed by atoms with Gasteiger partial charge in [-0.3, -0.25) is 4.79 Å². The summed E-state index contributed by atoms with van der Waals surface area (Å²) in [6.07, 6.45) is 2.05. The minimum atomic E-state index is -3.70. The van der Waals surface area contributed by atoms with Gasteiger partial charge in [0, 0.05) is 51.1 Å². The molecule has 1 aromatic heterocycles. The Labute approximate surface area is 170 Å². The molecule has 9 nitrogen and oxygen atoms in total. The molecule has 0 atom stereocenters. The van der Waals surface area contributed by atoms with Crippen molar-refractivity contribution in [2.75, 3.05) is 40.4 Å². The lowest BCUT2D eigenvalue weighted by molar-refractivity contribution is 0.0763. The Hall–Kier alpha value is -2.59. The smallest absolute Gasteiger partial charge is 0.262 e. The van der Waals surface area contributed by atoms with Crippen LogP contribution in [0.3, 0.4) is 0 Å². The second-order valence-corrected chi connectivity index (χ2v) is 8.77. The summed E-state index contributed by atoms with van der Waals surface area (Å²) < 4.78 is 39.4. The van der Waals surface area contributed by atoms with Crippen molar-refractivity contribution in [1.29, 1.82) is 0 Å². The van der Waals surface area contributed by atoms with E-state index in [1.165, 1.54) is 24.7 Å². The molecule has 0 spiro atoms. The fourth-order valence-corrected chi connectivity index (χ4v) is 4.73. The SMILES string of the molecule is COc1cc(OC)cc(C(=O)N2CCCN(S(=O)(=O)c3cn(C)c(C)n3)CC2)c1. The Morgan fingerprint density at radius 3 is 2.24 bits per heavy atom. The van der Waals surface area contributed by atoms with Crippen LogP contribution < -0.4 is 9.47 Å². The minimum Gasteiger partial charge on any atom is -0.497 e. The summed E-state index contributed by atoms with van der Waals surface area (Å²) in [6, 6.07) is 5.00. The van der Waals surface area contributed by atoms with Crippen molar-refractivity contribution in [2.45, 2.75) is 18.4 Å². The zero-order valence-electron chi connectivity index (χ0n) is 17.1. The lowest BCUT2D eigenvalue weighted by Crippen LogP contribution is -2.37. The Morgan fingerprint density at radius 1 is 1.03 bits per heavy atom. The molecule has 1 aromatic carbocycles. The molecule has 0 bridgehead atoms. The molecular weight excluding hydrogens is 396 g/mol. The molecule has 3 rings (SSSR count). The van der Waals surface area contributed by atoms with Crippen molar-refractivity contribution in [3.63, 3.8) is 0 Å². The van der Waals surface area contributed by atoms with Gasteiger partial charge in [-0.25, -0.2) is 13.4 Å². The number of hydrogen-bond donors (Lipinski definition) is 0. The summed E-state index contributed by atoms with van der Waals surface area (Å²) in [5.41, 5.74) is 0.442. The van der Waals surface area contributed by atoms with Gasteiger partial charge in [-0.1, -0.05) is 0 Å². The minimum absolute atomic E-state index is 0.0369. The Kier molecular flexibility index (Phi) is 6.13. The largest absolute Gasteiger partial charge is 0.497 e. The van der Waals surface area contributed by atoms with E-state index in [0.29, 0.717) is 48.9 Å². The third-order valence-corrected chi connectivity index (χ3v) is 6.80. The highest BCUT2D eigenvalue weighted by Gasteiger charge is 2.30. The molecule has 0 N–H and O–H groups in total. The van der Waals surface area contributed by atoms with Crippen molar-refractivity contribution < 1.29 is 22.7 Å². The maximum Gasteiger partial charge on any atom is 0.262 e. The van der Waals surface area contributed by atoms with Gasteiger partial charge in [0.2, 0.25) is 0 Å². The highest BCUT2D eigenvalue weighted by atomic mass is 32.2. The van der Waals surface area contributed by atoms with E-state index in [1.807, 2.05) is 0 Å². The average Bonchev–Trinajstić information content (AvgIpc) is 2.92. The van der Waals surface area contributed by atoms with Crippen molar-refractivity contribution >= 4 is 15.9 Å². The van der Waals surface area contributed by atoms with Crippen molar-refractivity contribution in [2.24, 2.45) is 7.05 Å². The van der Waals surface area contributed by atoms with Gasteiger partial charge in [-0.05, 0) is 25.5 Å². The third-order valence-electron chi connectivity index (χ3n) is 5.03. The van der Waals surface area contributed by atoms with Gasteiger partial charge in [0.25, 0.3) is 15.9 Å². The van der Waals surface area contributed by atoms with Crippen LogP contribution in [0.4, 0.5) is 0 Å². The second kappa shape index (κ2) is 8.42. The van der Waals surface area contributed by atoms with Gasteiger partial charge < -0.3 is 18.9 Å². The van der Waals surface area contributed by atoms with Crippen molar-refractivity contribution in [3.8, 4) is 11.5 Å². The number of ether oxygens (including phenoxy) is 2. The number of amides is 1. The zero-order valence-corrected chi connectivity index (χ0v) is 17.9. The molecule has 1 aliphatic heterocycles. The van der Waals surface area contributed by atoms with Crippen LogP contribution in [0.25, 0.3) is 0 Å². The number of hydrogen-bond acceptors (Lipinski definition) is 6. The van der Waals surface area contributed by atoms with Crippen LogP contribution in [-0.4, -0.2) is 73.5 Å². The fourth-order valence-electron chi connectivity index (χ4n) is 3.23. The summed E-state index contributed by atoms with van der Waals surface area (Å²) in [5.74, 6) is 1.49. The fraction of sp³-hybridized carbons (Fsp3) is 0.474. The Morgan fingerprint density at radius 2 is 1.69 bits per heavy atom. The van der Waals surface area contributed by atoms with Crippen LogP contribution in [0.1, 0.15) is 22.6 Å². The predicted molar refractivity (Wildman–Crippen MR) is 107 cm³/mol. The van der Waals surface area contributed by atoms with E-state index in [1.54, 1.807) is 41.6 Å². The lowest BCUT2D eigenvalue weighted by atomic mass is 10.1. The zero-order chi connectivity index (χ0) is 21.2. The maximum absolute atomic E-state index is 13.0. The number of carbonyl (C=O) groups excluding carboxylic acids is 1. The third kappa shape index (κ3) is 4.38. The molecule has 0 unspecified atom stereocenters. The summed E-state index contributed by atoms with van der Waals surface area (Å²) in [6.45, 7) is 3.06. The Bertz CT molecular complexity index is 960. The molecule has 1 fully saturated rings. The summed E-state index contributed by atoms with van der Waals surface area (Å²) in [7, 11) is 1.11. The number of carbonyl (C=O) groups is 1. The van der Waals surface area contributed by atoms with E-state index < -0.39 is 10.0 Å². The second-order valence-electron chi connectivity index (χ2n) is 6.89. The predicted octanol–water partition coefficient (Wildman–Crippen LogP) is 1.28. The van der Waals surface area contributed by atoms with E-state index in [0.717, 1.165) is 0 Å². The van der Waals surface area contributed by atoms with E-state index in [2.05, 4.69) is 4.98 Å². The molecule has 1 amide bonds. The van der Waals surface area contributed by atoms with Gasteiger partial charge in [0.15, 0.2) is 5.03 Å². The van der Waals surface area contributed by atoms with Crippen molar-refractivity contribution in [1.82, 2.24) is 18.8 Å². The first-order valence-electron chi connectivity index (χ1n) is 9.28. The van der Waals surface area contributed by atoms with Crippen LogP contribution in [0.2, 0.25) is 0 Å². The number of aryl methyl sites for hydroxylation is 2. The van der Waals surface area contributed by atoms with E-state index >= 15 is 0 Å². The number of benzene rings is 1. The highest BCUT2D eigenvalue weighted by Crippen LogP contribution is 2.24. The molecule has 0 saturated carbocycles. The van der Waals surface area contributed by atoms with Gasteiger partial charge in [-0.15, -0.1) is 0 Å². The van der Waals surface area contributed by atoms with Gasteiger partial charge in [0.05, 0.1) is 14.2 Å². The van der Waals surface area contributed by atoms with Crippen LogP contribution in [-0.2, 0) is 17.1 Å². The first-order valence-corrected chi connectivity index (χ1v) is 10.7. The van der Waals surface area contributed by atoms with Crippen LogP contribution in [0, 0.1) is 6.92 Å². The number of methoxy groups -OCH3 is 2. The summed E-state index contributed by atoms with van der Waals surface area (Å²) in [4.78, 5) is 18.8. The molecule has 0 aliphatic carbocycles. The molecule has 0 radical (unpaired) electrons. The van der Waals surface area contributed by atoms with E-state index in [9.17, 15) is 13.2 Å². The molecule has 1 saturated heterocycles. The molecule has 1 aliphatic rings. The Balaban J connectivity index is 1.77. The topological polar surface area (TPSA) is 94.0 Å². The number of rotatable bonds is 5. The maximum atomic E-state index is 13.0. The number of nitrogens with zero attached hydrogens (tertiary/aromatic N) is 4. The highest BCUT2D eigenvalue weighted by molar-refractivity contribution is 7.89. The number of sulfonamides is 1. The number of imidazole rings is 1. The summed E-state index contributed by atoms with van der Waals surface area (Å²) >= 11 is 0. The molecule has 158 valence electrons. The first-order chi connectivity index (χ1) is 13.8. The summed E-state index contributed by atoms with van der Waals surface area (Å²) in [5, 5.41) is 0.0369. The van der Waals surface area contributed by atoms with Gasteiger partial charge >= 0.3 is 0 Å². The normalized spacial score (nSPS) is 15.8. The standard InChI is InChI=1S/C19H26N4O5S/c1-14-20-18(13-21(14)2)29(25,26)23-7-5-6-22(8-9-23)19(24)15-10-16(27-3)12-17(11-15)28-4/h10-13H,5-9H2,1-4H3. The average molecular weight is 423 g/mol. The monoisotopic (exact) mass is 422 g/mol. The molecule has 2 aromatic rings.